The normalized spacial score (nSPS) is 10.4. The Morgan fingerprint density at radius 1 is 1.33 bits per heavy atom. The second kappa shape index (κ2) is 9.70. The summed E-state index contributed by atoms with van der Waals surface area (Å²) in [7, 11) is 0. The molecule has 0 rings (SSSR count). The van der Waals surface area contributed by atoms with Gasteiger partial charge in [0.25, 0.3) is 0 Å². The number of carboxylic acid groups (broad SMARTS) is 1. The molecule has 0 fully saturated rings. The summed E-state index contributed by atoms with van der Waals surface area (Å²) < 4.78 is 5.30. The summed E-state index contributed by atoms with van der Waals surface area (Å²) in [5.41, 5.74) is 0. The highest BCUT2D eigenvalue weighted by atomic mass is 16.5. The molecule has 0 aliphatic carbocycles. The lowest BCUT2D eigenvalue weighted by atomic mass is 10.3. The molecule has 0 aliphatic rings. The van der Waals surface area contributed by atoms with E-state index in [4.69, 9.17) is 9.84 Å². The Kier molecular flexibility index (Phi) is 9.00. The third-order valence-corrected chi connectivity index (χ3v) is 2.35. The first-order valence-corrected chi connectivity index (χ1v) is 6.33. The summed E-state index contributed by atoms with van der Waals surface area (Å²) in [4.78, 5) is 23.6. The highest BCUT2D eigenvalue weighted by molar-refractivity contribution is 5.80. The number of aliphatic carboxylic acids is 1. The predicted molar refractivity (Wildman–Crippen MR) is 68.6 cm³/mol. The molecule has 0 aromatic carbocycles. The predicted octanol–water partition coefficient (Wildman–Crippen LogP) is 1.31. The fraction of sp³-hybridized carbons (Fsp3) is 0.833. The minimum absolute atomic E-state index is 0.151. The molecule has 0 aromatic rings. The number of carbonyl (C=O) groups is 2. The van der Waals surface area contributed by atoms with Crippen molar-refractivity contribution in [2.45, 2.75) is 39.7 Å². The van der Waals surface area contributed by atoms with Gasteiger partial charge in [0.05, 0.1) is 6.61 Å². The number of rotatable bonds is 9. The molecule has 106 valence electrons. The number of unbranched alkanes of at least 4 members (excludes halogenated alkanes) is 1. The van der Waals surface area contributed by atoms with Gasteiger partial charge in [-0.2, -0.15) is 0 Å². The number of amides is 2. The molecule has 0 saturated carbocycles. The number of ether oxygens (including phenoxy) is 1. The average Bonchev–Trinajstić information content (AvgIpc) is 2.29. The van der Waals surface area contributed by atoms with E-state index < -0.39 is 5.97 Å². The van der Waals surface area contributed by atoms with Crippen molar-refractivity contribution in [3.8, 4) is 0 Å². The van der Waals surface area contributed by atoms with Gasteiger partial charge in [-0.3, -0.25) is 4.79 Å². The van der Waals surface area contributed by atoms with E-state index in [2.05, 4.69) is 12.2 Å². The quantitative estimate of drug-likeness (QED) is 0.613. The molecule has 0 spiro atoms. The van der Waals surface area contributed by atoms with Crippen molar-refractivity contribution in [3.63, 3.8) is 0 Å². The molecular weight excluding hydrogens is 236 g/mol. The third-order valence-electron chi connectivity index (χ3n) is 2.35. The topological polar surface area (TPSA) is 78.9 Å². The summed E-state index contributed by atoms with van der Waals surface area (Å²) in [6.07, 6.45) is 2.08. The summed E-state index contributed by atoms with van der Waals surface area (Å²) in [6, 6.07) is -0.520. The lowest BCUT2D eigenvalue weighted by Crippen LogP contribution is -2.47. The Morgan fingerprint density at radius 2 is 2.00 bits per heavy atom. The maximum Gasteiger partial charge on any atom is 0.323 e. The van der Waals surface area contributed by atoms with E-state index in [0.29, 0.717) is 19.8 Å². The first kappa shape index (κ1) is 16.7. The van der Waals surface area contributed by atoms with Crippen LogP contribution in [0.2, 0.25) is 0 Å². The van der Waals surface area contributed by atoms with Crippen LogP contribution in [-0.2, 0) is 9.53 Å². The largest absolute Gasteiger partial charge is 0.480 e. The second-order valence-corrected chi connectivity index (χ2v) is 4.31. The van der Waals surface area contributed by atoms with Gasteiger partial charge in [-0.1, -0.05) is 13.3 Å². The van der Waals surface area contributed by atoms with E-state index in [1.54, 1.807) is 13.8 Å². The molecule has 0 aromatic heterocycles. The molecule has 0 unspecified atom stereocenters. The van der Waals surface area contributed by atoms with Gasteiger partial charge in [0.1, 0.15) is 6.54 Å². The van der Waals surface area contributed by atoms with E-state index in [1.807, 2.05) is 0 Å². The molecule has 2 N–H and O–H groups in total. The van der Waals surface area contributed by atoms with Crippen LogP contribution < -0.4 is 5.32 Å². The highest BCUT2D eigenvalue weighted by Gasteiger charge is 2.18. The monoisotopic (exact) mass is 260 g/mol. The summed E-state index contributed by atoms with van der Waals surface area (Å²) >= 11 is 0. The van der Waals surface area contributed by atoms with Crippen LogP contribution >= 0.6 is 0 Å². The van der Waals surface area contributed by atoms with Crippen LogP contribution in [0.3, 0.4) is 0 Å². The number of hydrogen-bond donors (Lipinski definition) is 2. The van der Waals surface area contributed by atoms with Crippen molar-refractivity contribution in [2.24, 2.45) is 0 Å². The molecule has 0 saturated heterocycles. The van der Waals surface area contributed by atoms with Gasteiger partial charge >= 0.3 is 12.0 Å². The number of carbonyl (C=O) groups excluding carboxylic acids is 1. The van der Waals surface area contributed by atoms with E-state index >= 15 is 0 Å². The third kappa shape index (κ3) is 7.89. The Bertz CT molecular complexity index is 256. The number of nitrogens with zero attached hydrogens (tertiary/aromatic N) is 1. The first-order valence-electron chi connectivity index (χ1n) is 6.33. The van der Waals surface area contributed by atoms with E-state index in [0.717, 1.165) is 12.8 Å². The fourth-order valence-electron chi connectivity index (χ4n) is 1.31. The van der Waals surface area contributed by atoms with Gasteiger partial charge in [0.15, 0.2) is 0 Å². The van der Waals surface area contributed by atoms with Crippen LogP contribution in [0.1, 0.15) is 33.6 Å². The molecule has 0 radical (unpaired) electrons. The SMILES string of the molecule is CCCCOCCNC(=O)N(CC(=O)O)C(C)C. The smallest absolute Gasteiger partial charge is 0.323 e. The Balaban J connectivity index is 3.85. The summed E-state index contributed by atoms with van der Waals surface area (Å²) in [6.45, 7) is 6.88. The van der Waals surface area contributed by atoms with Crippen LogP contribution in [-0.4, -0.2) is 54.4 Å². The zero-order chi connectivity index (χ0) is 14.0. The zero-order valence-electron chi connectivity index (χ0n) is 11.4. The van der Waals surface area contributed by atoms with Crippen molar-refractivity contribution < 1.29 is 19.4 Å². The average molecular weight is 260 g/mol. The molecule has 0 atom stereocenters. The number of hydrogen-bond acceptors (Lipinski definition) is 3. The van der Waals surface area contributed by atoms with Gasteiger partial charge in [-0.25, -0.2) is 4.79 Å². The van der Waals surface area contributed by atoms with Gasteiger partial charge in [-0.05, 0) is 20.3 Å². The fourth-order valence-corrected chi connectivity index (χ4v) is 1.31. The van der Waals surface area contributed by atoms with Gasteiger partial charge in [-0.15, -0.1) is 0 Å². The van der Waals surface area contributed by atoms with Gasteiger partial charge in [0.2, 0.25) is 0 Å². The Labute approximate surface area is 108 Å². The molecular formula is C12H24N2O4. The Morgan fingerprint density at radius 3 is 2.50 bits per heavy atom. The van der Waals surface area contributed by atoms with Gasteiger partial charge in [0, 0.05) is 19.2 Å². The lowest BCUT2D eigenvalue weighted by molar-refractivity contribution is -0.138. The highest BCUT2D eigenvalue weighted by Crippen LogP contribution is 1.98. The van der Waals surface area contributed by atoms with Crippen molar-refractivity contribution in [1.82, 2.24) is 10.2 Å². The van der Waals surface area contributed by atoms with Crippen molar-refractivity contribution in [1.29, 1.82) is 0 Å². The van der Waals surface area contributed by atoms with Crippen LogP contribution in [0, 0.1) is 0 Å². The molecule has 0 aliphatic heterocycles. The molecule has 6 nitrogen and oxygen atoms in total. The van der Waals surface area contributed by atoms with Crippen LogP contribution in [0.4, 0.5) is 4.79 Å². The minimum atomic E-state index is -1.02. The van der Waals surface area contributed by atoms with Gasteiger partial charge < -0.3 is 20.1 Å². The number of nitrogens with one attached hydrogen (secondary N) is 1. The molecule has 18 heavy (non-hydrogen) atoms. The second-order valence-electron chi connectivity index (χ2n) is 4.31. The van der Waals surface area contributed by atoms with E-state index in [9.17, 15) is 9.59 Å². The summed E-state index contributed by atoms with van der Waals surface area (Å²) in [5, 5.41) is 11.3. The molecule has 0 heterocycles. The molecule has 6 heteroatoms. The minimum Gasteiger partial charge on any atom is -0.480 e. The van der Waals surface area contributed by atoms with E-state index in [1.165, 1.54) is 4.90 Å². The summed E-state index contributed by atoms with van der Waals surface area (Å²) in [5.74, 6) is -1.02. The number of carboxylic acids is 1. The van der Waals surface area contributed by atoms with Crippen LogP contribution in [0.25, 0.3) is 0 Å². The lowest BCUT2D eigenvalue weighted by Gasteiger charge is -2.25. The van der Waals surface area contributed by atoms with Crippen LogP contribution in [0.5, 0.6) is 0 Å². The first-order chi connectivity index (χ1) is 8.49. The standard InChI is InChI=1S/C12H24N2O4/c1-4-5-7-18-8-6-13-12(17)14(10(2)3)9-11(15)16/h10H,4-9H2,1-3H3,(H,13,17)(H,15,16). The van der Waals surface area contributed by atoms with Crippen molar-refractivity contribution >= 4 is 12.0 Å². The zero-order valence-corrected chi connectivity index (χ0v) is 11.4. The molecule has 0 bridgehead atoms. The van der Waals surface area contributed by atoms with Crippen molar-refractivity contribution in [3.05, 3.63) is 0 Å². The molecule has 2 amide bonds. The maximum absolute atomic E-state index is 11.7. The number of urea groups is 1. The van der Waals surface area contributed by atoms with Crippen molar-refractivity contribution in [2.75, 3.05) is 26.3 Å². The van der Waals surface area contributed by atoms with E-state index in [-0.39, 0.29) is 18.6 Å². The maximum atomic E-state index is 11.7. The van der Waals surface area contributed by atoms with Crippen LogP contribution in [0.15, 0.2) is 0 Å². The Hall–Kier alpha value is -1.30.